The largest absolute Gasteiger partial charge is 0.490 e. The number of aromatic amines is 1. The van der Waals surface area contributed by atoms with E-state index in [2.05, 4.69) is 25.5 Å². The van der Waals surface area contributed by atoms with Crippen molar-refractivity contribution in [2.45, 2.75) is 12.6 Å². The molecule has 1 fully saturated rings. The van der Waals surface area contributed by atoms with Gasteiger partial charge in [-0.25, -0.2) is 4.79 Å². The van der Waals surface area contributed by atoms with Crippen molar-refractivity contribution in [3.8, 4) is 28.3 Å². The molecule has 0 radical (unpaired) electrons. The van der Waals surface area contributed by atoms with Gasteiger partial charge in [0.2, 0.25) is 0 Å². The Morgan fingerprint density at radius 1 is 1.12 bits per heavy atom. The third kappa shape index (κ3) is 8.54. The number of nitrogens with one attached hydrogen (secondary N) is 3. The molecule has 3 aromatic rings. The number of morpholine rings is 1. The fraction of sp³-hybridized carbons (Fsp3) is 0.357. The second-order valence-electron chi connectivity index (χ2n) is 9.43. The fourth-order valence-corrected chi connectivity index (χ4v) is 4.33. The van der Waals surface area contributed by atoms with Gasteiger partial charge in [0.05, 0.1) is 24.5 Å². The van der Waals surface area contributed by atoms with Crippen molar-refractivity contribution < 1.29 is 42.1 Å². The summed E-state index contributed by atoms with van der Waals surface area (Å²) in [5, 5.41) is 12.9. The minimum absolute atomic E-state index is 0.0435. The number of halogens is 3. The molecule has 0 aliphatic carbocycles. The maximum Gasteiger partial charge on any atom is 0.490 e. The van der Waals surface area contributed by atoms with E-state index in [1.807, 2.05) is 42.5 Å². The Labute approximate surface area is 239 Å². The zero-order chi connectivity index (χ0) is 30.1. The van der Waals surface area contributed by atoms with E-state index in [9.17, 15) is 22.8 Å². The number of carboxylic acid groups (broad SMARTS) is 1. The van der Waals surface area contributed by atoms with Crippen LogP contribution in [-0.2, 0) is 20.7 Å². The highest BCUT2D eigenvalue weighted by Crippen LogP contribution is 2.28. The summed E-state index contributed by atoms with van der Waals surface area (Å²) in [7, 11) is 0. The Bertz CT molecular complexity index is 1400. The molecular formula is C28H30F3N5O6. The molecule has 2 amide bonds. The quantitative estimate of drug-likeness (QED) is 0.314. The number of hydrogen-bond acceptors (Lipinski definition) is 7. The number of pyridine rings is 1. The van der Waals surface area contributed by atoms with E-state index in [0.29, 0.717) is 24.4 Å². The van der Waals surface area contributed by atoms with E-state index in [-0.39, 0.29) is 18.4 Å². The summed E-state index contributed by atoms with van der Waals surface area (Å²) in [5.74, 6) is -2.35. The van der Waals surface area contributed by atoms with E-state index in [4.69, 9.17) is 19.4 Å². The predicted molar refractivity (Wildman–Crippen MR) is 145 cm³/mol. The van der Waals surface area contributed by atoms with Gasteiger partial charge in [-0.2, -0.15) is 13.2 Å². The molecule has 5 rings (SSSR count). The van der Waals surface area contributed by atoms with Crippen LogP contribution in [0.2, 0.25) is 0 Å². The van der Waals surface area contributed by atoms with E-state index in [1.54, 1.807) is 6.20 Å². The van der Waals surface area contributed by atoms with Gasteiger partial charge < -0.3 is 30.2 Å². The minimum Gasteiger partial charge on any atom is -0.484 e. The Balaban J connectivity index is 0.000000517. The highest BCUT2D eigenvalue weighted by Gasteiger charge is 2.38. The molecule has 1 aromatic carbocycles. The zero-order valence-corrected chi connectivity index (χ0v) is 22.5. The molecule has 224 valence electrons. The van der Waals surface area contributed by atoms with Crippen molar-refractivity contribution in [1.82, 2.24) is 25.5 Å². The van der Waals surface area contributed by atoms with Gasteiger partial charge in [-0.3, -0.25) is 19.5 Å². The monoisotopic (exact) mass is 589 g/mol. The first-order valence-corrected chi connectivity index (χ1v) is 13.2. The third-order valence-corrected chi connectivity index (χ3v) is 6.47. The molecule has 2 aliphatic rings. The van der Waals surface area contributed by atoms with E-state index in [0.717, 1.165) is 67.5 Å². The summed E-state index contributed by atoms with van der Waals surface area (Å²) in [6.07, 6.45) is -2.54. The van der Waals surface area contributed by atoms with Gasteiger partial charge in [0, 0.05) is 67.9 Å². The maximum absolute atomic E-state index is 12.2. The summed E-state index contributed by atoms with van der Waals surface area (Å²) < 4.78 is 42.8. The van der Waals surface area contributed by atoms with Crippen LogP contribution in [0.5, 0.6) is 5.75 Å². The SMILES string of the molecule is O=C(COc1cccc(-c2cc(-c3cc4c([nH]3)CCNC4=O)ccn2)c1)NCCN1CCOCC1.O=C(O)C(F)(F)F. The van der Waals surface area contributed by atoms with Crippen molar-refractivity contribution in [2.75, 3.05) is 52.5 Å². The first-order valence-electron chi connectivity index (χ1n) is 13.2. The van der Waals surface area contributed by atoms with Crippen LogP contribution >= 0.6 is 0 Å². The van der Waals surface area contributed by atoms with Crippen molar-refractivity contribution >= 4 is 17.8 Å². The fourth-order valence-electron chi connectivity index (χ4n) is 4.33. The lowest BCUT2D eigenvalue weighted by Gasteiger charge is -2.26. The van der Waals surface area contributed by atoms with Crippen LogP contribution in [0.1, 0.15) is 16.1 Å². The normalized spacial score (nSPS) is 15.1. The molecule has 0 saturated carbocycles. The lowest BCUT2D eigenvalue weighted by molar-refractivity contribution is -0.192. The average molecular weight is 590 g/mol. The number of alkyl halides is 3. The number of fused-ring (bicyclic) bond motifs is 1. The Hall–Kier alpha value is -4.43. The van der Waals surface area contributed by atoms with Crippen LogP contribution in [0, 0.1) is 0 Å². The van der Waals surface area contributed by atoms with Crippen LogP contribution in [0.25, 0.3) is 22.5 Å². The van der Waals surface area contributed by atoms with E-state index < -0.39 is 12.1 Å². The number of carbonyl (C=O) groups excluding carboxylic acids is 2. The van der Waals surface area contributed by atoms with Gasteiger partial charge in [-0.15, -0.1) is 0 Å². The maximum atomic E-state index is 12.2. The first kappa shape index (κ1) is 30.5. The molecule has 4 heterocycles. The zero-order valence-electron chi connectivity index (χ0n) is 22.5. The highest BCUT2D eigenvalue weighted by molar-refractivity contribution is 5.97. The van der Waals surface area contributed by atoms with Crippen LogP contribution in [-0.4, -0.2) is 96.5 Å². The Morgan fingerprint density at radius 3 is 2.60 bits per heavy atom. The number of carboxylic acids is 1. The molecule has 0 unspecified atom stereocenters. The molecule has 11 nitrogen and oxygen atoms in total. The lowest BCUT2D eigenvalue weighted by Crippen LogP contribution is -2.42. The standard InChI is InChI=1S/C26H29N5O4.C2HF3O2/c32-25(28-8-9-31-10-12-34-13-11-31)17-35-20-3-1-2-18(14-20)23-15-19(4-6-27-23)24-16-21-22(30-24)5-7-29-26(21)33;3-2(4,5)1(6)7/h1-4,6,14-16,30H,5,7-13,17H2,(H,28,32)(H,29,33);(H,6,7). The average Bonchev–Trinajstić information content (AvgIpc) is 3.43. The number of H-pyrrole nitrogens is 1. The summed E-state index contributed by atoms with van der Waals surface area (Å²) in [5.41, 5.74) is 5.15. The summed E-state index contributed by atoms with van der Waals surface area (Å²) >= 11 is 0. The molecule has 14 heteroatoms. The smallest absolute Gasteiger partial charge is 0.484 e. The Kier molecular flexibility index (Phi) is 10.1. The topological polar surface area (TPSA) is 146 Å². The first-order chi connectivity index (χ1) is 20.1. The van der Waals surface area contributed by atoms with Gasteiger partial charge >= 0.3 is 12.1 Å². The lowest BCUT2D eigenvalue weighted by atomic mass is 10.1. The summed E-state index contributed by atoms with van der Waals surface area (Å²) in [6.45, 7) is 5.28. The van der Waals surface area contributed by atoms with Crippen molar-refractivity contribution in [1.29, 1.82) is 0 Å². The number of benzene rings is 1. The van der Waals surface area contributed by atoms with Crippen LogP contribution in [0.4, 0.5) is 13.2 Å². The third-order valence-electron chi connectivity index (χ3n) is 6.47. The number of nitrogens with zero attached hydrogens (tertiary/aromatic N) is 2. The second-order valence-corrected chi connectivity index (χ2v) is 9.43. The van der Waals surface area contributed by atoms with Crippen LogP contribution in [0.15, 0.2) is 48.7 Å². The molecule has 42 heavy (non-hydrogen) atoms. The molecular weight excluding hydrogens is 559 g/mol. The van der Waals surface area contributed by atoms with Crippen molar-refractivity contribution in [2.24, 2.45) is 0 Å². The van der Waals surface area contributed by atoms with Crippen molar-refractivity contribution in [3.63, 3.8) is 0 Å². The summed E-state index contributed by atoms with van der Waals surface area (Å²) in [6, 6.07) is 13.3. The number of hydrogen-bond donors (Lipinski definition) is 4. The molecule has 2 aromatic heterocycles. The van der Waals surface area contributed by atoms with Crippen LogP contribution in [0.3, 0.4) is 0 Å². The van der Waals surface area contributed by atoms with Gasteiger partial charge in [0.25, 0.3) is 11.8 Å². The summed E-state index contributed by atoms with van der Waals surface area (Å²) in [4.78, 5) is 43.4. The number of aliphatic carboxylic acids is 1. The number of amides is 2. The molecule has 0 bridgehead atoms. The van der Waals surface area contributed by atoms with Crippen LogP contribution < -0.4 is 15.4 Å². The minimum atomic E-state index is -5.08. The van der Waals surface area contributed by atoms with E-state index >= 15 is 0 Å². The molecule has 0 spiro atoms. The number of carbonyl (C=O) groups is 3. The van der Waals surface area contributed by atoms with Gasteiger partial charge in [-0.1, -0.05) is 12.1 Å². The molecule has 4 N–H and O–H groups in total. The molecule has 1 saturated heterocycles. The Morgan fingerprint density at radius 2 is 1.88 bits per heavy atom. The molecule has 0 atom stereocenters. The molecule has 2 aliphatic heterocycles. The number of rotatable bonds is 8. The van der Waals surface area contributed by atoms with Gasteiger partial charge in [-0.05, 0) is 30.3 Å². The highest BCUT2D eigenvalue weighted by atomic mass is 19.4. The van der Waals surface area contributed by atoms with Gasteiger partial charge in [0.15, 0.2) is 6.61 Å². The van der Waals surface area contributed by atoms with Crippen molar-refractivity contribution in [3.05, 3.63) is 59.9 Å². The predicted octanol–water partition coefficient (Wildman–Crippen LogP) is 2.49. The number of ether oxygens (including phenoxy) is 2. The van der Waals surface area contributed by atoms with E-state index in [1.165, 1.54) is 0 Å². The number of aromatic nitrogens is 2. The second kappa shape index (κ2) is 14.0. The van der Waals surface area contributed by atoms with Gasteiger partial charge in [0.1, 0.15) is 5.75 Å².